The molecule has 1 heterocycles. The third-order valence-corrected chi connectivity index (χ3v) is 2.43. The van der Waals surface area contributed by atoms with Crippen LogP contribution in [0.5, 0.6) is 0 Å². The van der Waals surface area contributed by atoms with E-state index in [0.717, 1.165) is 5.06 Å². The molecule has 0 bridgehead atoms. The Labute approximate surface area is 88.0 Å². The van der Waals surface area contributed by atoms with Gasteiger partial charge in [-0.2, -0.15) is 0 Å². The molecule has 0 aromatic carbocycles. The topological polar surface area (TPSA) is 65.1 Å². The van der Waals surface area contributed by atoms with E-state index < -0.39 is 18.0 Å². The first-order chi connectivity index (χ1) is 7.11. The number of esters is 1. The average molecular weight is 217 g/mol. The smallest absolute Gasteiger partial charge is 0.335 e. The quantitative estimate of drug-likeness (QED) is 0.474. The van der Waals surface area contributed by atoms with Crippen LogP contribution in [0.4, 0.5) is 0 Å². The number of ether oxygens (including phenoxy) is 2. The second-order valence-electron chi connectivity index (χ2n) is 3.23. The van der Waals surface area contributed by atoms with Crippen LogP contribution < -0.4 is 0 Å². The Morgan fingerprint density at radius 2 is 2.07 bits per heavy atom. The van der Waals surface area contributed by atoms with Crippen molar-refractivity contribution in [1.82, 2.24) is 5.06 Å². The van der Waals surface area contributed by atoms with Crippen molar-refractivity contribution >= 4 is 11.9 Å². The maximum absolute atomic E-state index is 11.7. The Morgan fingerprint density at radius 3 is 2.60 bits per heavy atom. The van der Waals surface area contributed by atoms with Crippen molar-refractivity contribution in [2.75, 3.05) is 27.9 Å². The summed E-state index contributed by atoms with van der Waals surface area (Å²) in [5, 5.41) is 1.09. The number of rotatable bonds is 3. The highest BCUT2D eigenvalue weighted by Crippen LogP contribution is 2.23. The van der Waals surface area contributed by atoms with Gasteiger partial charge in [0.15, 0.2) is 6.10 Å². The lowest BCUT2D eigenvalue weighted by Gasteiger charge is -2.20. The highest BCUT2D eigenvalue weighted by Gasteiger charge is 2.41. The van der Waals surface area contributed by atoms with E-state index in [9.17, 15) is 9.59 Å². The van der Waals surface area contributed by atoms with Gasteiger partial charge in [-0.3, -0.25) is 9.63 Å². The number of carbonyl (C=O) groups is 2. The summed E-state index contributed by atoms with van der Waals surface area (Å²) in [5.41, 5.74) is 0. The first kappa shape index (κ1) is 11.9. The highest BCUT2D eigenvalue weighted by atomic mass is 16.7. The molecule has 0 spiro atoms. The predicted octanol–water partition coefficient (Wildman–Crippen LogP) is -0.416. The average Bonchev–Trinajstić information content (AvgIpc) is 2.74. The Bertz CT molecular complexity index is 255. The number of methoxy groups -OCH3 is 1. The zero-order valence-corrected chi connectivity index (χ0v) is 9.06. The number of nitrogens with zero attached hydrogens (tertiary/aromatic N) is 1. The fraction of sp³-hybridized carbons (Fsp3) is 0.778. The maximum atomic E-state index is 11.7. The Balaban J connectivity index is 2.68. The van der Waals surface area contributed by atoms with Gasteiger partial charge in [0.05, 0.1) is 20.1 Å². The standard InChI is InChI=1S/C9H15NO5/c1-10(14-3)8(11)6-4-5-15-7(6)9(12)13-2/h6-7H,4-5H2,1-3H3/t6-,7+/m0/s1. The van der Waals surface area contributed by atoms with Gasteiger partial charge in [-0.1, -0.05) is 0 Å². The van der Waals surface area contributed by atoms with Crippen molar-refractivity contribution in [3.8, 4) is 0 Å². The van der Waals surface area contributed by atoms with Crippen molar-refractivity contribution in [2.24, 2.45) is 5.92 Å². The SMILES string of the molecule is COC(=O)[C@@H]1OCC[C@@H]1C(=O)N(C)OC. The van der Waals surface area contributed by atoms with E-state index in [1.165, 1.54) is 21.3 Å². The maximum Gasteiger partial charge on any atom is 0.335 e. The predicted molar refractivity (Wildman–Crippen MR) is 49.6 cm³/mol. The normalized spacial score (nSPS) is 25.0. The molecule has 0 aromatic heterocycles. The molecule has 15 heavy (non-hydrogen) atoms. The Kier molecular flexibility index (Phi) is 4.05. The molecule has 1 aliphatic rings. The van der Waals surface area contributed by atoms with E-state index >= 15 is 0 Å². The fourth-order valence-electron chi connectivity index (χ4n) is 1.51. The zero-order valence-electron chi connectivity index (χ0n) is 9.06. The van der Waals surface area contributed by atoms with Crippen LogP contribution in [0.1, 0.15) is 6.42 Å². The van der Waals surface area contributed by atoms with Crippen molar-refractivity contribution < 1.29 is 23.9 Å². The first-order valence-electron chi connectivity index (χ1n) is 4.63. The highest BCUT2D eigenvalue weighted by molar-refractivity contribution is 5.86. The third kappa shape index (κ3) is 2.45. The summed E-state index contributed by atoms with van der Waals surface area (Å²) in [6, 6.07) is 0. The van der Waals surface area contributed by atoms with Crippen molar-refractivity contribution in [3.05, 3.63) is 0 Å². The van der Waals surface area contributed by atoms with Crippen LogP contribution in [-0.2, 0) is 23.9 Å². The molecule has 0 aromatic rings. The summed E-state index contributed by atoms with van der Waals surface area (Å²) in [6.07, 6.45) is -0.299. The summed E-state index contributed by atoms with van der Waals surface area (Å²) < 4.78 is 9.71. The molecule has 1 rings (SSSR count). The van der Waals surface area contributed by atoms with Crippen molar-refractivity contribution in [2.45, 2.75) is 12.5 Å². The van der Waals surface area contributed by atoms with Gasteiger partial charge in [-0.25, -0.2) is 9.86 Å². The largest absolute Gasteiger partial charge is 0.467 e. The van der Waals surface area contributed by atoms with Gasteiger partial charge in [-0.05, 0) is 6.42 Å². The molecule has 0 saturated carbocycles. The van der Waals surface area contributed by atoms with Gasteiger partial charge in [-0.15, -0.1) is 0 Å². The molecule has 0 radical (unpaired) electrons. The zero-order chi connectivity index (χ0) is 11.4. The molecule has 1 saturated heterocycles. The van der Waals surface area contributed by atoms with E-state index in [4.69, 9.17) is 9.57 Å². The van der Waals surface area contributed by atoms with Crippen molar-refractivity contribution in [3.63, 3.8) is 0 Å². The van der Waals surface area contributed by atoms with Gasteiger partial charge in [0.25, 0.3) is 5.91 Å². The van der Waals surface area contributed by atoms with Gasteiger partial charge in [0.1, 0.15) is 0 Å². The van der Waals surface area contributed by atoms with E-state index in [-0.39, 0.29) is 5.91 Å². The minimum Gasteiger partial charge on any atom is -0.467 e. The molecule has 1 fully saturated rings. The number of amides is 1. The summed E-state index contributed by atoms with van der Waals surface area (Å²) in [6.45, 7) is 0.383. The van der Waals surface area contributed by atoms with E-state index in [0.29, 0.717) is 13.0 Å². The lowest BCUT2D eigenvalue weighted by Crippen LogP contribution is -2.39. The molecule has 2 atom stereocenters. The van der Waals surface area contributed by atoms with Gasteiger partial charge in [0.2, 0.25) is 0 Å². The Morgan fingerprint density at radius 1 is 1.40 bits per heavy atom. The van der Waals surface area contributed by atoms with Crippen LogP contribution in [0, 0.1) is 5.92 Å². The minimum atomic E-state index is -0.805. The molecule has 6 nitrogen and oxygen atoms in total. The lowest BCUT2D eigenvalue weighted by atomic mass is 10.0. The molecule has 86 valence electrons. The summed E-state index contributed by atoms with van der Waals surface area (Å²) in [5.74, 6) is -1.30. The van der Waals surface area contributed by atoms with E-state index in [2.05, 4.69) is 4.74 Å². The lowest BCUT2D eigenvalue weighted by molar-refractivity contribution is -0.178. The first-order valence-corrected chi connectivity index (χ1v) is 4.63. The molecule has 0 aliphatic carbocycles. The summed E-state index contributed by atoms with van der Waals surface area (Å²) in [4.78, 5) is 27.8. The number of hydroxylamine groups is 2. The molecule has 6 heteroatoms. The fourth-order valence-corrected chi connectivity index (χ4v) is 1.51. The van der Waals surface area contributed by atoms with Crippen molar-refractivity contribution in [1.29, 1.82) is 0 Å². The molecule has 0 N–H and O–H groups in total. The minimum absolute atomic E-state index is 0.273. The van der Waals surface area contributed by atoms with Crippen LogP contribution in [0.15, 0.2) is 0 Å². The van der Waals surface area contributed by atoms with E-state index in [1.807, 2.05) is 0 Å². The summed E-state index contributed by atoms with van der Waals surface area (Å²) in [7, 11) is 4.15. The van der Waals surface area contributed by atoms with Gasteiger partial charge >= 0.3 is 5.97 Å². The molecule has 0 unspecified atom stereocenters. The second kappa shape index (κ2) is 5.09. The van der Waals surface area contributed by atoms with Crippen LogP contribution in [0.25, 0.3) is 0 Å². The number of hydrogen-bond donors (Lipinski definition) is 0. The van der Waals surface area contributed by atoms with Gasteiger partial charge < -0.3 is 9.47 Å². The Hall–Kier alpha value is -1.14. The van der Waals surface area contributed by atoms with Gasteiger partial charge in [0, 0.05) is 13.7 Å². The molecule has 1 aliphatic heterocycles. The molecular weight excluding hydrogens is 202 g/mol. The van der Waals surface area contributed by atoms with Crippen LogP contribution in [0.2, 0.25) is 0 Å². The molecular formula is C9H15NO5. The van der Waals surface area contributed by atoms with Crippen LogP contribution in [0.3, 0.4) is 0 Å². The monoisotopic (exact) mass is 217 g/mol. The van der Waals surface area contributed by atoms with Crippen LogP contribution >= 0.6 is 0 Å². The van der Waals surface area contributed by atoms with E-state index in [1.54, 1.807) is 0 Å². The third-order valence-electron chi connectivity index (χ3n) is 2.43. The van der Waals surface area contributed by atoms with Crippen LogP contribution in [-0.4, -0.2) is 50.9 Å². The number of hydrogen-bond acceptors (Lipinski definition) is 5. The number of carbonyl (C=O) groups excluding carboxylic acids is 2. The molecule has 1 amide bonds. The second-order valence-corrected chi connectivity index (χ2v) is 3.23. The summed E-state index contributed by atoms with van der Waals surface area (Å²) >= 11 is 0.